The summed E-state index contributed by atoms with van der Waals surface area (Å²) < 4.78 is 5.38. The summed E-state index contributed by atoms with van der Waals surface area (Å²) in [4.78, 5) is 0. The van der Waals surface area contributed by atoms with E-state index < -0.39 is 0 Å². The van der Waals surface area contributed by atoms with E-state index in [9.17, 15) is 0 Å². The topological polar surface area (TPSA) is 55.5 Å². The number of aliphatic hydroxyl groups excluding tert-OH is 1. The van der Waals surface area contributed by atoms with Crippen LogP contribution in [0.4, 0.5) is 0 Å². The molecule has 3 heteroatoms. The van der Waals surface area contributed by atoms with Crippen LogP contribution in [-0.2, 0) is 4.74 Å². The summed E-state index contributed by atoms with van der Waals surface area (Å²) in [6.45, 7) is 4.83. The maximum atomic E-state index is 8.94. The molecular formula is C9H21NO2. The van der Waals surface area contributed by atoms with Crippen LogP contribution in [0, 0.1) is 0 Å². The molecule has 0 rings (SSSR count). The summed E-state index contributed by atoms with van der Waals surface area (Å²) in [5.74, 6) is 0. The van der Waals surface area contributed by atoms with Gasteiger partial charge in [-0.2, -0.15) is 0 Å². The molecule has 0 amide bonds. The summed E-state index contributed by atoms with van der Waals surface area (Å²) in [5.41, 5.74) is 5.79. The van der Waals surface area contributed by atoms with E-state index in [1.807, 2.05) is 6.92 Å². The van der Waals surface area contributed by atoms with Crippen LogP contribution >= 0.6 is 0 Å². The Morgan fingerprint density at radius 1 is 1.33 bits per heavy atom. The zero-order chi connectivity index (χ0) is 9.40. The quantitative estimate of drug-likeness (QED) is 0.604. The number of ether oxygens (including phenoxy) is 1. The molecule has 0 saturated heterocycles. The fourth-order valence-corrected chi connectivity index (χ4v) is 1.10. The summed E-state index contributed by atoms with van der Waals surface area (Å²) in [6.07, 6.45) is 2.74. The van der Waals surface area contributed by atoms with Gasteiger partial charge in [0.05, 0.1) is 12.7 Å². The van der Waals surface area contributed by atoms with E-state index in [1.165, 1.54) is 0 Å². The standard InChI is InChI=1S/C9H21NO2/c1-3-5-8(10)9(7-11)12-6-4-2/h8-9,11H,3-7,10H2,1-2H3. The van der Waals surface area contributed by atoms with Gasteiger partial charge in [-0.05, 0) is 12.8 Å². The van der Waals surface area contributed by atoms with Crippen molar-refractivity contribution in [1.29, 1.82) is 0 Å². The van der Waals surface area contributed by atoms with Gasteiger partial charge in [0.2, 0.25) is 0 Å². The van der Waals surface area contributed by atoms with Crippen molar-refractivity contribution in [2.24, 2.45) is 5.73 Å². The van der Waals surface area contributed by atoms with Gasteiger partial charge in [0.1, 0.15) is 0 Å². The van der Waals surface area contributed by atoms with Crippen molar-refractivity contribution in [2.45, 2.75) is 45.3 Å². The average molecular weight is 175 g/mol. The Kier molecular flexibility index (Phi) is 7.45. The Labute approximate surface area is 74.9 Å². The molecule has 74 valence electrons. The lowest BCUT2D eigenvalue weighted by atomic mass is 10.1. The van der Waals surface area contributed by atoms with Gasteiger partial charge in [0, 0.05) is 12.6 Å². The Morgan fingerprint density at radius 2 is 2.00 bits per heavy atom. The minimum absolute atomic E-state index is 0.0217. The van der Waals surface area contributed by atoms with Gasteiger partial charge < -0.3 is 15.6 Å². The summed E-state index contributed by atoms with van der Waals surface area (Å²) in [5, 5.41) is 8.94. The number of rotatable bonds is 7. The zero-order valence-corrected chi connectivity index (χ0v) is 8.12. The van der Waals surface area contributed by atoms with Gasteiger partial charge in [-0.3, -0.25) is 0 Å². The zero-order valence-electron chi connectivity index (χ0n) is 8.12. The van der Waals surface area contributed by atoms with E-state index in [1.54, 1.807) is 0 Å². The average Bonchev–Trinajstić information content (AvgIpc) is 2.06. The van der Waals surface area contributed by atoms with Crippen LogP contribution < -0.4 is 5.73 Å². The molecule has 2 atom stereocenters. The van der Waals surface area contributed by atoms with E-state index in [4.69, 9.17) is 15.6 Å². The molecule has 12 heavy (non-hydrogen) atoms. The number of hydrogen-bond acceptors (Lipinski definition) is 3. The van der Waals surface area contributed by atoms with E-state index in [0.717, 1.165) is 19.3 Å². The highest BCUT2D eigenvalue weighted by molar-refractivity contribution is 4.71. The molecule has 0 spiro atoms. The van der Waals surface area contributed by atoms with E-state index >= 15 is 0 Å². The van der Waals surface area contributed by atoms with Crippen LogP contribution in [0.2, 0.25) is 0 Å². The molecule has 0 radical (unpaired) electrons. The Balaban J connectivity index is 3.62. The fourth-order valence-electron chi connectivity index (χ4n) is 1.10. The maximum absolute atomic E-state index is 8.94. The molecule has 0 heterocycles. The van der Waals surface area contributed by atoms with Crippen LogP contribution in [0.15, 0.2) is 0 Å². The second-order valence-electron chi connectivity index (χ2n) is 3.04. The third kappa shape index (κ3) is 4.70. The van der Waals surface area contributed by atoms with E-state index in [0.29, 0.717) is 6.61 Å². The minimum atomic E-state index is -0.176. The Morgan fingerprint density at radius 3 is 2.42 bits per heavy atom. The summed E-state index contributed by atoms with van der Waals surface area (Å²) >= 11 is 0. The van der Waals surface area contributed by atoms with E-state index in [-0.39, 0.29) is 18.8 Å². The van der Waals surface area contributed by atoms with Crippen LogP contribution in [0.25, 0.3) is 0 Å². The number of nitrogens with two attached hydrogens (primary N) is 1. The fraction of sp³-hybridized carbons (Fsp3) is 1.00. The van der Waals surface area contributed by atoms with Crippen molar-refractivity contribution in [3.8, 4) is 0 Å². The van der Waals surface area contributed by atoms with Crippen molar-refractivity contribution < 1.29 is 9.84 Å². The molecule has 0 bridgehead atoms. The van der Waals surface area contributed by atoms with Crippen LogP contribution in [0.3, 0.4) is 0 Å². The first-order valence-electron chi connectivity index (χ1n) is 4.74. The highest BCUT2D eigenvalue weighted by Gasteiger charge is 2.15. The van der Waals surface area contributed by atoms with Crippen LogP contribution in [0.1, 0.15) is 33.1 Å². The van der Waals surface area contributed by atoms with Crippen molar-refractivity contribution in [3.05, 3.63) is 0 Å². The minimum Gasteiger partial charge on any atom is -0.394 e. The maximum Gasteiger partial charge on any atom is 0.0956 e. The van der Waals surface area contributed by atoms with Gasteiger partial charge in [0.15, 0.2) is 0 Å². The predicted molar refractivity (Wildman–Crippen MR) is 50.0 cm³/mol. The van der Waals surface area contributed by atoms with Crippen molar-refractivity contribution in [2.75, 3.05) is 13.2 Å². The highest BCUT2D eigenvalue weighted by Crippen LogP contribution is 2.03. The molecule has 0 saturated carbocycles. The molecule has 0 aliphatic carbocycles. The summed E-state index contributed by atoms with van der Waals surface area (Å²) in [7, 11) is 0. The molecule has 2 unspecified atom stereocenters. The number of hydrogen-bond donors (Lipinski definition) is 2. The van der Waals surface area contributed by atoms with Crippen LogP contribution in [0.5, 0.6) is 0 Å². The molecule has 0 aromatic heterocycles. The Bertz CT molecular complexity index is 98.5. The lowest BCUT2D eigenvalue weighted by Gasteiger charge is -2.21. The van der Waals surface area contributed by atoms with Gasteiger partial charge in [0.25, 0.3) is 0 Å². The normalized spacial score (nSPS) is 16.0. The Hall–Kier alpha value is -0.120. The molecule has 0 fully saturated rings. The van der Waals surface area contributed by atoms with Crippen LogP contribution in [-0.4, -0.2) is 30.5 Å². The smallest absolute Gasteiger partial charge is 0.0956 e. The molecule has 0 aliphatic heterocycles. The third-order valence-corrected chi connectivity index (χ3v) is 1.82. The predicted octanol–water partition coefficient (Wildman–Crippen LogP) is 0.901. The molecular weight excluding hydrogens is 154 g/mol. The first-order valence-corrected chi connectivity index (χ1v) is 4.74. The second-order valence-corrected chi connectivity index (χ2v) is 3.04. The SMILES string of the molecule is CCCOC(CO)C(N)CCC. The van der Waals surface area contributed by atoms with Gasteiger partial charge in [-0.1, -0.05) is 20.3 Å². The first-order chi connectivity index (χ1) is 5.76. The third-order valence-electron chi connectivity index (χ3n) is 1.82. The molecule has 3 nitrogen and oxygen atoms in total. The van der Waals surface area contributed by atoms with Crippen molar-refractivity contribution in [1.82, 2.24) is 0 Å². The second kappa shape index (κ2) is 7.53. The monoisotopic (exact) mass is 175 g/mol. The van der Waals surface area contributed by atoms with Crippen molar-refractivity contribution >= 4 is 0 Å². The van der Waals surface area contributed by atoms with E-state index in [2.05, 4.69) is 6.92 Å². The molecule has 0 aromatic carbocycles. The largest absolute Gasteiger partial charge is 0.394 e. The number of aliphatic hydroxyl groups is 1. The lowest BCUT2D eigenvalue weighted by Crippen LogP contribution is -2.39. The van der Waals surface area contributed by atoms with Gasteiger partial charge in [-0.25, -0.2) is 0 Å². The highest BCUT2D eigenvalue weighted by atomic mass is 16.5. The summed E-state index contributed by atoms with van der Waals surface area (Å²) in [6, 6.07) is -0.0217. The van der Waals surface area contributed by atoms with Gasteiger partial charge >= 0.3 is 0 Å². The van der Waals surface area contributed by atoms with Crippen molar-refractivity contribution in [3.63, 3.8) is 0 Å². The lowest BCUT2D eigenvalue weighted by molar-refractivity contribution is -0.00356. The van der Waals surface area contributed by atoms with Gasteiger partial charge in [-0.15, -0.1) is 0 Å². The molecule has 3 N–H and O–H groups in total. The first kappa shape index (κ1) is 11.9. The molecule has 0 aromatic rings. The molecule has 0 aliphatic rings.